The molecule has 0 aliphatic heterocycles. The Morgan fingerprint density at radius 3 is 2.76 bits per heavy atom. The van der Waals surface area contributed by atoms with Crippen LogP contribution in [0.1, 0.15) is 17.0 Å². The molecule has 0 saturated heterocycles. The molecule has 1 aromatic carbocycles. The SMILES string of the molecule is COc1cccc2c(NCc3c(C)noc3C)nccc12. The normalized spacial score (nSPS) is 10.8. The Labute approximate surface area is 122 Å². The van der Waals surface area contributed by atoms with E-state index in [2.05, 4.69) is 15.5 Å². The van der Waals surface area contributed by atoms with E-state index in [0.29, 0.717) is 6.54 Å². The molecule has 0 atom stereocenters. The van der Waals surface area contributed by atoms with Crippen LogP contribution in [-0.4, -0.2) is 17.3 Å². The molecule has 3 rings (SSSR count). The third kappa shape index (κ3) is 2.42. The molecule has 2 heterocycles. The van der Waals surface area contributed by atoms with Crippen LogP contribution in [0.3, 0.4) is 0 Å². The molecule has 1 N–H and O–H groups in total. The number of ether oxygens (including phenoxy) is 1. The first-order chi connectivity index (χ1) is 10.2. The zero-order valence-electron chi connectivity index (χ0n) is 12.3. The van der Waals surface area contributed by atoms with E-state index in [4.69, 9.17) is 9.26 Å². The second kappa shape index (κ2) is 5.44. The molecule has 0 aliphatic carbocycles. The number of rotatable bonds is 4. The number of nitrogens with one attached hydrogen (secondary N) is 1. The second-order valence-corrected chi connectivity index (χ2v) is 4.87. The summed E-state index contributed by atoms with van der Waals surface area (Å²) in [5, 5.41) is 9.39. The lowest BCUT2D eigenvalue weighted by Crippen LogP contribution is -2.03. The molecule has 2 aromatic heterocycles. The predicted molar refractivity (Wildman–Crippen MR) is 81.6 cm³/mol. The molecule has 0 saturated carbocycles. The summed E-state index contributed by atoms with van der Waals surface area (Å²) in [6, 6.07) is 7.89. The van der Waals surface area contributed by atoms with Crippen LogP contribution in [0.4, 0.5) is 5.82 Å². The lowest BCUT2D eigenvalue weighted by molar-refractivity contribution is 0.392. The molecule has 0 unspecified atom stereocenters. The quantitative estimate of drug-likeness (QED) is 0.794. The lowest BCUT2D eigenvalue weighted by Gasteiger charge is -2.10. The zero-order valence-corrected chi connectivity index (χ0v) is 12.3. The summed E-state index contributed by atoms with van der Waals surface area (Å²) < 4.78 is 10.6. The van der Waals surface area contributed by atoms with Crippen molar-refractivity contribution in [3.63, 3.8) is 0 Å². The largest absolute Gasteiger partial charge is 0.496 e. The average Bonchev–Trinajstić information content (AvgIpc) is 2.83. The van der Waals surface area contributed by atoms with Gasteiger partial charge in [0.2, 0.25) is 0 Å². The van der Waals surface area contributed by atoms with Crippen LogP contribution in [0.15, 0.2) is 35.0 Å². The third-order valence-corrected chi connectivity index (χ3v) is 3.60. The van der Waals surface area contributed by atoms with Gasteiger partial charge in [0.05, 0.1) is 12.8 Å². The minimum atomic E-state index is 0.629. The van der Waals surface area contributed by atoms with Crippen molar-refractivity contribution in [2.75, 3.05) is 12.4 Å². The Bertz CT molecular complexity index is 761. The van der Waals surface area contributed by atoms with Crippen molar-refractivity contribution in [1.82, 2.24) is 10.1 Å². The van der Waals surface area contributed by atoms with Gasteiger partial charge in [-0.3, -0.25) is 0 Å². The van der Waals surface area contributed by atoms with E-state index >= 15 is 0 Å². The first-order valence-electron chi connectivity index (χ1n) is 6.78. The number of benzene rings is 1. The number of hydrogen-bond acceptors (Lipinski definition) is 5. The first kappa shape index (κ1) is 13.4. The molecule has 0 bridgehead atoms. The zero-order chi connectivity index (χ0) is 14.8. The van der Waals surface area contributed by atoms with Gasteiger partial charge < -0.3 is 14.6 Å². The molecular weight excluding hydrogens is 266 g/mol. The molecule has 0 spiro atoms. The highest BCUT2D eigenvalue weighted by molar-refractivity contribution is 5.95. The summed E-state index contributed by atoms with van der Waals surface area (Å²) in [6.45, 7) is 4.48. The predicted octanol–water partition coefficient (Wildman–Crippen LogP) is 3.46. The van der Waals surface area contributed by atoms with E-state index < -0.39 is 0 Å². The van der Waals surface area contributed by atoms with E-state index in [1.165, 1.54) is 0 Å². The lowest BCUT2D eigenvalue weighted by atomic mass is 10.1. The fourth-order valence-corrected chi connectivity index (χ4v) is 2.42. The monoisotopic (exact) mass is 283 g/mol. The van der Waals surface area contributed by atoms with E-state index in [-0.39, 0.29) is 0 Å². The number of aromatic nitrogens is 2. The molecule has 5 heteroatoms. The molecule has 21 heavy (non-hydrogen) atoms. The summed E-state index contributed by atoms with van der Waals surface area (Å²) in [5.74, 6) is 2.50. The van der Waals surface area contributed by atoms with E-state index in [1.54, 1.807) is 13.3 Å². The van der Waals surface area contributed by atoms with Gasteiger partial charge in [0.15, 0.2) is 0 Å². The molecule has 3 aromatic rings. The van der Waals surface area contributed by atoms with Gasteiger partial charge in [-0.25, -0.2) is 4.98 Å². The van der Waals surface area contributed by atoms with Crippen LogP contribution in [-0.2, 0) is 6.54 Å². The standard InChI is InChI=1S/C16H17N3O2/c1-10-14(11(2)21-19-10)9-18-16-13-5-4-6-15(20-3)12(13)7-8-17-16/h4-8H,9H2,1-3H3,(H,17,18). The highest BCUT2D eigenvalue weighted by Gasteiger charge is 2.10. The van der Waals surface area contributed by atoms with Crippen LogP contribution >= 0.6 is 0 Å². The first-order valence-corrected chi connectivity index (χ1v) is 6.78. The van der Waals surface area contributed by atoms with Crippen molar-refractivity contribution in [2.45, 2.75) is 20.4 Å². The topological polar surface area (TPSA) is 60.2 Å². The van der Waals surface area contributed by atoms with Crippen molar-refractivity contribution in [3.05, 3.63) is 47.5 Å². The van der Waals surface area contributed by atoms with Crippen LogP contribution in [0.2, 0.25) is 0 Å². The van der Waals surface area contributed by atoms with Gasteiger partial charge in [0.1, 0.15) is 17.3 Å². The maximum absolute atomic E-state index is 5.39. The fraction of sp³-hybridized carbons (Fsp3) is 0.250. The Hall–Kier alpha value is -2.56. The molecular formula is C16H17N3O2. The van der Waals surface area contributed by atoms with Crippen molar-refractivity contribution in [3.8, 4) is 5.75 Å². The Kier molecular flexibility index (Phi) is 3.48. The highest BCUT2D eigenvalue weighted by Crippen LogP contribution is 2.29. The van der Waals surface area contributed by atoms with Crippen LogP contribution in [0.25, 0.3) is 10.8 Å². The summed E-state index contributed by atoms with van der Waals surface area (Å²) >= 11 is 0. The number of hydrogen-bond donors (Lipinski definition) is 1. The smallest absolute Gasteiger partial charge is 0.138 e. The molecule has 5 nitrogen and oxygen atoms in total. The van der Waals surface area contributed by atoms with Crippen molar-refractivity contribution >= 4 is 16.6 Å². The number of nitrogens with zero attached hydrogens (tertiary/aromatic N) is 2. The Morgan fingerprint density at radius 1 is 1.19 bits per heavy atom. The average molecular weight is 283 g/mol. The minimum Gasteiger partial charge on any atom is -0.496 e. The van der Waals surface area contributed by atoms with Crippen LogP contribution in [0.5, 0.6) is 5.75 Å². The van der Waals surface area contributed by atoms with Crippen molar-refractivity contribution in [1.29, 1.82) is 0 Å². The van der Waals surface area contributed by atoms with Gasteiger partial charge in [-0.15, -0.1) is 0 Å². The van der Waals surface area contributed by atoms with Crippen LogP contribution in [0, 0.1) is 13.8 Å². The second-order valence-electron chi connectivity index (χ2n) is 4.87. The molecule has 0 aliphatic rings. The minimum absolute atomic E-state index is 0.629. The van der Waals surface area contributed by atoms with Crippen molar-refractivity contribution < 1.29 is 9.26 Å². The number of methoxy groups -OCH3 is 1. The Balaban J connectivity index is 1.94. The van der Waals surface area contributed by atoms with E-state index in [9.17, 15) is 0 Å². The van der Waals surface area contributed by atoms with Gasteiger partial charge in [-0.2, -0.15) is 0 Å². The van der Waals surface area contributed by atoms with Gasteiger partial charge in [-0.05, 0) is 26.0 Å². The number of fused-ring (bicyclic) bond motifs is 1. The highest BCUT2D eigenvalue weighted by atomic mass is 16.5. The van der Waals surface area contributed by atoms with E-state index in [0.717, 1.165) is 39.4 Å². The maximum atomic E-state index is 5.39. The van der Waals surface area contributed by atoms with Crippen LogP contribution < -0.4 is 10.1 Å². The number of anilines is 1. The molecule has 108 valence electrons. The van der Waals surface area contributed by atoms with E-state index in [1.807, 2.05) is 38.1 Å². The summed E-state index contributed by atoms with van der Waals surface area (Å²) in [5.41, 5.74) is 1.97. The molecule has 0 amide bonds. The Morgan fingerprint density at radius 2 is 2.05 bits per heavy atom. The summed E-state index contributed by atoms with van der Waals surface area (Å²) in [7, 11) is 1.67. The summed E-state index contributed by atoms with van der Waals surface area (Å²) in [4.78, 5) is 4.42. The number of aryl methyl sites for hydroxylation is 2. The molecule has 0 radical (unpaired) electrons. The van der Waals surface area contributed by atoms with Gasteiger partial charge in [0, 0.05) is 29.1 Å². The van der Waals surface area contributed by atoms with Crippen molar-refractivity contribution in [2.24, 2.45) is 0 Å². The third-order valence-electron chi connectivity index (χ3n) is 3.60. The maximum Gasteiger partial charge on any atom is 0.138 e. The summed E-state index contributed by atoms with van der Waals surface area (Å²) in [6.07, 6.45) is 1.78. The molecule has 0 fully saturated rings. The number of pyridine rings is 1. The van der Waals surface area contributed by atoms with Gasteiger partial charge >= 0.3 is 0 Å². The fourth-order valence-electron chi connectivity index (χ4n) is 2.42. The van der Waals surface area contributed by atoms with Gasteiger partial charge in [0.25, 0.3) is 0 Å². The van der Waals surface area contributed by atoms with Gasteiger partial charge in [-0.1, -0.05) is 17.3 Å².